The summed E-state index contributed by atoms with van der Waals surface area (Å²) >= 11 is 3.53. The minimum atomic E-state index is 0.563. The molecule has 1 nitrogen and oxygen atoms in total. The van der Waals surface area contributed by atoms with Gasteiger partial charge in [-0.2, -0.15) is 0 Å². The monoisotopic (exact) mass is 353 g/mol. The van der Waals surface area contributed by atoms with Crippen LogP contribution in [-0.4, -0.2) is 12.6 Å². The molecule has 1 aromatic rings. The van der Waals surface area contributed by atoms with Crippen LogP contribution in [0.25, 0.3) is 0 Å². The van der Waals surface area contributed by atoms with E-state index in [-0.39, 0.29) is 0 Å². The number of nitrogens with one attached hydrogen (secondary N) is 1. The molecule has 0 aromatic heterocycles. The predicted octanol–water partition coefficient (Wildman–Crippen LogP) is 6.28. The molecule has 2 heteroatoms. The van der Waals surface area contributed by atoms with E-state index in [1.807, 2.05) is 0 Å². The summed E-state index contributed by atoms with van der Waals surface area (Å²) in [5.41, 5.74) is 1.47. The van der Waals surface area contributed by atoms with E-state index in [1.165, 1.54) is 55.0 Å². The molecular formula is C19H32BrN. The topological polar surface area (TPSA) is 12.0 Å². The van der Waals surface area contributed by atoms with Crippen LogP contribution in [0.4, 0.5) is 0 Å². The van der Waals surface area contributed by atoms with Crippen LogP contribution in [0.1, 0.15) is 77.2 Å². The van der Waals surface area contributed by atoms with Gasteiger partial charge in [-0.05, 0) is 30.0 Å². The Hall–Kier alpha value is -0.340. The van der Waals surface area contributed by atoms with E-state index >= 15 is 0 Å². The van der Waals surface area contributed by atoms with E-state index < -0.39 is 0 Å². The van der Waals surface area contributed by atoms with Crippen LogP contribution >= 0.6 is 15.9 Å². The van der Waals surface area contributed by atoms with Crippen LogP contribution in [-0.2, 0) is 0 Å². The van der Waals surface area contributed by atoms with Crippen LogP contribution in [0.5, 0.6) is 0 Å². The normalized spacial score (nSPS) is 12.8. The molecule has 0 heterocycles. The lowest BCUT2D eigenvalue weighted by Crippen LogP contribution is -2.28. The third-order valence-corrected chi connectivity index (χ3v) is 4.55. The average molecular weight is 354 g/mol. The van der Waals surface area contributed by atoms with Crippen molar-refractivity contribution in [2.45, 2.75) is 77.7 Å². The number of rotatable bonds is 11. The minimum Gasteiger partial charge on any atom is -0.314 e. The number of benzene rings is 1. The van der Waals surface area contributed by atoms with E-state index in [2.05, 4.69) is 66.3 Å². The maximum absolute atomic E-state index is 3.61. The molecule has 0 spiro atoms. The number of halogens is 1. The summed E-state index contributed by atoms with van der Waals surface area (Å²) in [5.74, 6) is 0.645. The van der Waals surface area contributed by atoms with Gasteiger partial charge in [0.15, 0.2) is 0 Å². The highest BCUT2D eigenvalue weighted by molar-refractivity contribution is 9.10. The zero-order valence-corrected chi connectivity index (χ0v) is 15.6. The molecule has 120 valence electrons. The molecular weight excluding hydrogens is 322 g/mol. The highest BCUT2D eigenvalue weighted by Crippen LogP contribution is 2.24. The van der Waals surface area contributed by atoms with Gasteiger partial charge in [0.1, 0.15) is 0 Å². The first-order valence-corrected chi connectivity index (χ1v) is 9.41. The zero-order valence-electron chi connectivity index (χ0n) is 14.0. The van der Waals surface area contributed by atoms with Crippen LogP contribution < -0.4 is 5.32 Å². The molecule has 1 unspecified atom stereocenters. The fourth-order valence-corrected chi connectivity index (χ4v) is 2.93. The molecule has 0 aliphatic heterocycles. The van der Waals surface area contributed by atoms with Crippen LogP contribution in [0.15, 0.2) is 28.7 Å². The summed E-state index contributed by atoms with van der Waals surface area (Å²) in [7, 11) is 0. The smallest absolute Gasteiger partial charge is 0.0175 e. The van der Waals surface area contributed by atoms with Crippen molar-refractivity contribution < 1.29 is 0 Å². The molecule has 21 heavy (non-hydrogen) atoms. The lowest BCUT2D eigenvalue weighted by Gasteiger charge is -2.20. The van der Waals surface area contributed by atoms with Gasteiger partial charge in [-0.15, -0.1) is 0 Å². The Morgan fingerprint density at radius 2 is 1.57 bits per heavy atom. The first-order valence-electron chi connectivity index (χ1n) is 8.62. The van der Waals surface area contributed by atoms with E-state index in [0.717, 1.165) is 6.54 Å². The van der Waals surface area contributed by atoms with E-state index in [4.69, 9.17) is 0 Å². The molecule has 0 saturated heterocycles. The third-order valence-electron chi connectivity index (χ3n) is 4.02. The third kappa shape index (κ3) is 8.63. The summed E-state index contributed by atoms with van der Waals surface area (Å²) in [4.78, 5) is 0. The standard InChI is InChI=1S/C19H32BrN/c1-4-5-6-7-8-9-10-18(15-21-16(2)3)17-11-13-19(20)14-12-17/h11-14,16,18,21H,4-10,15H2,1-3H3. The molecule has 0 bridgehead atoms. The van der Waals surface area contributed by atoms with Gasteiger partial charge >= 0.3 is 0 Å². The molecule has 1 N–H and O–H groups in total. The van der Waals surface area contributed by atoms with Crippen molar-refractivity contribution in [3.8, 4) is 0 Å². The van der Waals surface area contributed by atoms with Gasteiger partial charge < -0.3 is 5.32 Å². The molecule has 0 saturated carbocycles. The Morgan fingerprint density at radius 3 is 2.19 bits per heavy atom. The first kappa shape index (κ1) is 18.7. The van der Waals surface area contributed by atoms with Crippen molar-refractivity contribution in [1.82, 2.24) is 5.32 Å². The second-order valence-electron chi connectivity index (χ2n) is 6.37. The molecule has 1 atom stereocenters. The Balaban J connectivity index is 2.42. The summed E-state index contributed by atoms with van der Waals surface area (Å²) in [6.07, 6.45) is 9.57. The molecule has 0 fully saturated rings. The maximum Gasteiger partial charge on any atom is 0.0175 e. The highest BCUT2D eigenvalue weighted by atomic mass is 79.9. The average Bonchev–Trinajstić information content (AvgIpc) is 2.46. The van der Waals surface area contributed by atoms with Gasteiger partial charge in [0, 0.05) is 17.1 Å². The summed E-state index contributed by atoms with van der Waals surface area (Å²) in [6.45, 7) is 7.82. The van der Waals surface area contributed by atoms with Gasteiger partial charge in [-0.3, -0.25) is 0 Å². The van der Waals surface area contributed by atoms with Crippen molar-refractivity contribution in [1.29, 1.82) is 0 Å². The fourth-order valence-electron chi connectivity index (χ4n) is 2.67. The summed E-state index contributed by atoms with van der Waals surface area (Å²) in [6, 6.07) is 9.44. The largest absolute Gasteiger partial charge is 0.314 e. The second kappa shape index (κ2) is 11.3. The Morgan fingerprint density at radius 1 is 0.952 bits per heavy atom. The molecule has 0 amide bonds. The van der Waals surface area contributed by atoms with Crippen molar-refractivity contribution >= 4 is 15.9 Å². The Kier molecular flexibility index (Phi) is 10.0. The fraction of sp³-hybridized carbons (Fsp3) is 0.684. The Labute approximate surface area is 140 Å². The molecule has 0 radical (unpaired) electrons. The van der Waals surface area contributed by atoms with Crippen molar-refractivity contribution in [2.75, 3.05) is 6.54 Å². The van der Waals surface area contributed by atoms with Gasteiger partial charge in [-0.25, -0.2) is 0 Å². The van der Waals surface area contributed by atoms with Crippen molar-refractivity contribution in [2.24, 2.45) is 0 Å². The van der Waals surface area contributed by atoms with Crippen LogP contribution in [0.3, 0.4) is 0 Å². The highest BCUT2D eigenvalue weighted by Gasteiger charge is 2.11. The predicted molar refractivity (Wildman–Crippen MR) is 98.0 cm³/mol. The number of unbranched alkanes of at least 4 members (excludes halogenated alkanes) is 5. The van der Waals surface area contributed by atoms with E-state index in [1.54, 1.807) is 0 Å². The lowest BCUT2D eigenvalue weighted by molar-refractivity contribution is 0.482. The van der Waals surface area contributed by atoms with Crippen LogP contribution in [0.2, 0.25) is 0 Å². The maximum atomic E-state index is 3.61. The second-order valence-corrected chi connectivity index (χ2v) is 7.28. The summed E-state index contributed by atoms with van der Waals surface area (Å²) in [5, 5.41) is 3.61. The molecule has 1 rings (SSSR count). The van der Waals surface area contributed by atoms with Gasteiger partial charge in [0.2, 0.25) is 0 Å². The lowest BCUT2D eigenvalue weighted by atomic mass is 9.92. The minimum absolute atomic E-state index is 0.563. The first-order chi connectivity index (χ1) is 10.1. The molecule has 1 aromatic carbocycles. The van der Waals surface area contributed by atoms with Crippen molar-refractivity contribution in [3.63, 3.8) is 0 Å². The number of hydrogen-bond acceptors (Lipinski definition) is 1. The number of hydrogen-bond donors (Lipinski definition) is 1. The molecule has 0 aliphatic rings. The van der Waals surface area contributed by atoms with Crippen LogP contribution in [0, 0.1) is 0 Å². The zero-order chi connectivity index (χ0) is 15.5. The Bertz CT molecular complexity index is 358. The van der Waals surface area contributed by atoms with Crippen molar-refractivity contribution in [3.05, 3.63) is 34.3 Å². The van der Waals surface area contributed by atoms with Gasteiger partial charge in [-0.1, -0.05) is 87.4 Å². The van der Waals surface area contributed by atoms with Gasteiger partial charge in [0.25, 0.3) is 0 Å². The quantitative estimate of drug-likeness (QED) is 0.461. The summed E-state index contributed by atoms with van der Waals surface area (Å²) < 4.78 is 1.17. The SMILES string of the molecule is CCCCCCCCC(CNC(C)C)c1ccc(Br)cc1. The molecule has 0 aliphatic carbocycles. The van der Waals surface area contributed by atoms with E-state index in [9.17, 15) is 0 Å². The van der Waals surface area contributed by atoms with Gasteiger partial charge in [0.05, 0.1) is 0 Å². The van der Waals surface area contributed by atoms with E-state index in [0.29, 0.717) is 12.0 Å².